The molecular weight excluding hydrogens is 256 g/mol. The van der Waals surface area contributed by atoms with Gasteiger partial charge in [0.25, 0.3) is 0 Å². The van der Waals surface area contributed by atoms with Crippen LogP contribution in [-0.2, 0) is 4.79 Å². The number of carbonyl (C=O) groups excluding carboxylic acids is 1. The molecule has 0 saturated heterocycles. The molecule has 1 heterocycles. The van der Waals surface area contributed by atoms with Gasteiger partial charge in [0, 0.05) is 5.75 Å². The van der Waals surface area contributed by atoms with E-state index in [1.54, 1.807) is 11.8 Å². The van der Waals surface area contributed by atoms with Crippen LogP contribution in [0.15, 0.2) is 29.3 Å². The molecule has 1 amide bonds. The number of aliphatic imine (C=N–C) groups is 1. The third-order valence-corrected chi connectivity index (χ3v) is 3.76. The molecule has 0 aliphatic carbocycles. The minimum Gasteiger partial charge on any atom is -0.304 e. The normalized spacial score (nSPS) is 16.5. The number of amidine groups is 1. The number of thioether (sulfide) groups is 1. The largest absolute Gasteiger partial charge is 0.304 e. The van der Waals surface area contributed by atoms with Gasteiger partial charge in [0.1, 0.15) is 5.38 Å². The molecule has 0 bridgehead atoms. The monoisotopic (exact) mass is 268 g/mol. The lowest BCUT2D eigenvalue weighted by Gasteiger charge is -2.10. The summed E-state index contributed by atoms with van der Waals surface area (Å²) in [6, 6.07) is 7.63. The number of rotatable bonds is 2. The molecule has 1 aliphatic heterocycles. The Morgan fingerprint density at radius 3 is 2.76 bits per heavy atom. The summed E-state index contributed by atoms with van der Waals surface area (Å²) < 4.78 is 0. The Hall–Kier alpha value is -1.00. The zero-order chi connectivity index (χ0) is 12.3. The van der Waals surface area contributed by atoms with Crippen molar-refractivity contribution in [1.82, 2.24) is 5.32 Å². The van der Waals surface area contributed by atoms with Crippen LogP contribution in [0.25, 0.3) is 0 Å². The summed E-state index contributed by atoms with van der Waals surface area (Å²) in [6.45, 7) is 2.76. The number of hydrogen-bond donors (Lipinski definition) is 1. The van der Waals surface area contributed by atoms with Crippen molar-refractivity contribution in [1.29, 1.82) is 0 Å². The summed E-state index contributed by atoms with van der Waals surface area (Å²) >= 11 is 7.66. The Morgan fingerprint density at radius 1 is 1.47 bits per heavy atom. The number of alkyl halides is 1. The van der Waals surface area contributed by atoms with Crippen LogP contribution in [0, 0.1) is 6.92 Å². The Morgan fingerprint density at radius 2 is 2.18 bits per heavy atom. The van der Waals surface area contributed by atoms with E-state index in [9.17, 15) is 4.79 Å². The van der Waals surface area contributed by atoms with E-state index in [0.717, 1.165) is 23.4 Å². The van der Waals surface area contributed by atoms with Gasteiger partial charge in [-0.1, -0.05) is 41.6 Å². The van der Waals surface area contributed by atoms with Gasteiger partial charge in [-0.3, -0.25) is 9.79 Å². The molecule has 5 heteroatoms. The fraction of sp³-hybridized carbons (Fsp3) is 0.333. The predicted molar refractivity (Wildman–Crippen MR) is 72.7 cm³/mol. The first-order chi connectivity index (χ1) is 8.16. The summed E-state index contributed by atoms with van der Waals surface area (Å²) in [4.78, 5) is 16.0. The van der Waals surface area contributed by atoms with Crippen molar-refractivity contribution in [3.05, 3.63) is 35.4 Å². The highest BCUT2D eigenvalue weighted by Gasteiger charge is 2.20. The van der Waals surface area contributed by atoms with Crippen molar-refractivity contribution >= 4 is 34.4 Å². The number of hydrogen-bond acceptors (Lipinski definition) is 3. The van der Waals surface area contributed by atoms with Gasteiger partial charge in [-0.25, -0.2) is 0 Å². The summed E-state index contributed by atoms with van der Waals surface area (Å²) in [5.41, 5.74) is 1.95. The highest BCUT2D eigenvalue weighted by atomic mass is 35.5. The van der Waals surface area contributed by atoms with Gasteiger partial charge in [-0.15, -0.1) is 11.6 Å². The fourth-order valence-electron chi connectivity index (χ4n) is 1.47. The van der Waals surface area contributed by atoms with Crippen LogP contribution < -0.4 is 5.32 Å². The van der Waals surface area contributed by atoms with Gasteiger partial charge < -0.3 is 5.32 Å². The molecule has 3 nitrogen and oxygen atoms in total. The molecule has 0 spiro atoms. The van der Waals surface area contributed by atoms with Crippen LogP contribution in [-0.4, -0.2) is 23.4 Å². The zero-order valence-corrected chi connectivity index (χ0v) is 11.0. The molecule has 2 rings (SSSR count). The second-order valence-electron chi connectivity index (χ2n) is 3.80. The molecule has 0 fully saturated rings. The fourth-order valence-corrected chi connectivity index (χ4v) is 2.40. The van der Waals surface area contributed by atoms with Crippen LogP contribution in [0.4, 0.5) is 0 Å². The molecule has 0 aromatic heterocycles. The van der Waals surface area contributed by atoms with Crippen LogP contribution in [0.2, 0.25) is 0 Å². The zero-order valence-electron chi connectivity index (χ0n) is 9.44. The van der Waals surface area contributed by atoms with Gasteiger partial charge in [0.05, 0.1) is 6.54 Å². The Balaban J connectivity index is 2.01. The second-order valence-corrected chi connectivity index (χ2v) is 5.32. The first-order valence-electron chi connectivity index (χ1n) is 5.35. The topological polar surface area (TPSA) is 41.5 Å². The lowest BCUT2D eigenvalue weighted by atomic mass is 10.1. The first-order valence-corrected chi connectivity index (χ1v) is 6.78. The van der Waals surface area contributed by atoms with E-state index in [4.69, 9.17) is 11.6 Å². The molecule has 17 heavy (non-hydrogen) atoms. The van der Waals surface area contributed by atoms with Crippen LogP contribution in [0.5, 0.6) is 0 Å². The Bertz CT molecular complexity index is 444. The smallest absolute Gasteiger partial charge is 0.248 e. The third kappa shape index (κ3) is 3.23. The maximum absolute atomic E-state index is 11.8. The number of nitrogens with zero attached hydrogens (tertiary/aromatic N) is 1. The summed E-state index contributed by atoms with van der Waals surface area (Å²) in [5.74, 6) is 0.705. The summed E-state index contributed by atoms with van der Waals surface area (Å²) in [5, 5.41) is 2.74. The van der Waals surface area contributed by atoms with Crippen molar-refractivity contribution in [3.8, 4) is 0 Å². The third-order valence-electron chi connectivity index (χ3n) is 2.42. The van der Waals surface area contributed by atoms with E-state index < -0.39 is 5.38 Å². The molecule has 0 radical (unpaired) electrons. The van der Waals surface area contributed by atoms with Crippen molar-refractivity contribution in [2.45, 2.75) is 12.3 Å². The first kappa shape index (κ1) is 12.5. The number of nitrogens with one attached hydrogen (secondary N) is 1. The maximum Gasteiger partial charge on any atom is 0.248 e. The second kappa shape index (κ2) is 5.56. The average Bonchev–Trinajstić information content (AvgIpc) is 2.82. The van der Waals surface area contributed by atoms with Gasteiger partial charge in [0.15, 0.2) is 5.17 Å². The molecule has 1 aliphatic rings. The molecule has 1 atom stereocenters. The standard InChI is InChI=1S/C12H13ClN2OS/c1-8-2-4-9(5-3-8)10(13)11(16)15-12-14-6-7-17-12/h2-5,10H,6-7H2,1H3,(H,14,15,16). The lowest BCUT2D eigenvalue weighted by Crippen LogP contribution is -2.30. The van der Waals surface area contributed by atoms with E-state index in [0.29, 0.717) is 5.17 Å². The number of halogens is 1. The molecule has 90 valence electrons. The molecule has 1 N–H and O–H groups in total. The van der Waals surface area contributed by atoms with Gasteiger partial charge in [-0.2, -0.15) is 0 Å². The SMILES string of the molecule is Cc1ccc(C(Cl)C(=O)NC2=NCCS2)cc1. The van der Waals surface area contributed by atoms with E-state index >= 15 is 0 Å². The maximum atomic E-state index is 11.8. The van der Waals surface area contributed by atoms with Crippen LogP contribution in [0.3, 0.4) is 0 Å². The minimum absolute atomic E-state index is 0.219. The molecule has 1 aromatic carbocycles. The van der Waals surface area contributed by atoms with E-state index in [-0.39, 0.29) is 5.91 Å². The van der Waals surface area contributed by atoms with Crippen LogP contribution in [0.1, 0.15) is 16.5 Å². The number of aryl methyl sites for hydroxylation is 1. The summed E-state index contributed by atoms with van der Waals surface area (Å²) in [7, 11) is 0. The minimum atomic E-state index is -0.667. The molecular formula is C12H13ClN2OS. The number of amides is 1. The number of benzene rings is 1. The van der Waals surface area contributed by atoms with Gasteiger partial charge in [-0.05, 0) is 12.5 Å². The number of carbonyl (C=O) groups is 1. The molecule has 1 aromatic rings. The quantitative estimate of drug-likeness (QED) is 0.838. The highest BCUT2D eigenvalue weighted by Crippen LogP contribution is 2.21. The van der Waals surface area contributed by atoms with E-state index in [2.05, 4.69) is 10.3 Å². The highest BCUT2D eigenvalue weighted by molar-refractivity contribution is 8.14. The van der Waals surface area contributed by atoms with Crippen molar-refractivity contribution in [2.75, 3.05) is 12.3 Å². The Kier molecular flexibility index (Phi) is 4.07. The van der Waals surface area contributed by atoms with Crippen molar-refractivity contribution in [2.24, 2.45) is 4.99 Å². The Labute approximate surface area is 110 Å². The van der Waals surface area contributed by atoms with Gasteiger partial charge in [0.2, 0.25) is 5.91 Å². The molecule has 0 saturated carbocycles. The van der Waals surface area contributed by atoms with Crippen molar-refractivity contribution < 1.29 is 4.79 Å². The van der Waals surface area contributed by atoms with Gasteiger partial charge >= 0.3 is 0 Å². The average molecular weight is 269 g/mol. The molecule has 1 unspecified atom stereocenters. The van der Waals surface area contributed by atoms with Crippen molar-refractivity contribution in [3.63, 3.8) is 0 Å². The predicted octanol–water partition coefficient (Wildman–Crippen LogP) is 2.49. The lowest BCUT2D eigenvalue weighted by molar-refractivity contribution is -0.119. The van der Waals surface area contributed by atoms with E-state index in [1.165, 1.54) is 0 Å². The summed E-state index contributed by atoms with van der Waals surface area (Å²) in [6.07, 6.45) is 0. The van der Waals surface area contributed by atoms with Crippen LogP contribution >= 0.6 is 23.4 Å². The van der Waals surface area contributed by atoms with E-state index in [1.807, 2.05) is 31.2 Å².